The number of Topliss-reactive ketones (excluding diaryl/α,β-unsaturated/α-hetero) is 1. The lowest BCUT2D eigenvalue weighted by atomic mass is 9.85. The van der Waals surface area contributed by atoms with Crippen molar-refractivity contribution in [1.82, 2.24) is 5.32 Å². The van der Waals surface area contributed by atoms with Crippen LogP contribution in [-0.2, 0) is 19.1 Å². The smallest absolute Gasteiger partial charge is 0.222 e. The van der Waals surface area contributed by atoms with Crippen molar-refractivity contribution < 1.29 is 39.5 Å². The van der Waals surface area contributed by atoms with Crippen LogP contribution < -0.4 is 5.32 Å². The van der Waals surface area contributed by atoms with E-state index in [0.29, 0.717) is 6.42 Å². The van der Waals surface area contributed by atoms with Crippen LogP contribution in [0.1, 0.15) is 100 Å². The number of rotatable bonds is 16. The van der Waals surface area contributed by atoms with Crippen molar-refractivity contribution in [2.45, 2.75) is 143 Å². The molecule has 0 spiro atoms. The lowest BCUT2D eigenvalue weighted by Crippen LogP contribution is -2.50. The summed E-state index contributed by atoms with van der Waals surface area (Å²) in [5.74, 6) is -2.23. The minimum Gasteiger partial charge on any atom is -0.393 e. The lowest BCUT2D eigenvalue weighted by Gasteiger charge is -2.35. The molecule has 0 aromatic heterocycles. The number of carbonyl (C=O) groups excluding carboxylic acids is 2. The molecule has 1 amide bonds. The van der Waals surface area contributed by atoms with Crippen LogP contribution in [0.5, 0.6) is 0 Å². The molecule has 2 unspecified atom stereocenters. The van der Waals surface area contributed by atoms with Gasteiger partial charge in [0, 0.05) is 24.3 Å². The lowest BCUT2D eigenvalue weighted by molar-refractivity contribution is -0.272. The second-order valence-corrected chi connectivity index (χ2v) is 12.0. The molecular formula is C28H53NO8. The number of carbonyl (C=O) groups is 2. The molecule has 9 nitrogen and oxygen atoms in total. The molecule has 1 saturated heterocycles. The van der Waals surface area contributed by atoms with Crippen LogP contribution in [0.3, 0.4) is 0 Å². The molecule has 5 N–H and O–H groups in total. The average Bonchev–Trinajstić information content (AvgIpc) is 3.09. The second-order valence-electron chi connectivity index (χ2n) is 12.0. The maximum atomic E-state index is 12.8. The standard InChI is InChI=1S/C28H53NO8/c1-9-17(4)21(12-19(30)14-24(32)27(6,7)8)29-25(33)15-20(31)13-23(18(5)10-2)37-28(35)16-36-22(11-3)26(28)34/h17-23,26,30-31,34-35H,9-16H2,1-8H3,(H,29,33)/t17-,18-,19-,20-,21-,22+,23-,26?,28?/m0/s1. The minimum atomic E-state index is -1.86. The molecule has 0 aromatic carbocycles. The van der Waals surface area contributed by atoms with Crippen molar-refractivity contribution in [2.24, 2.45) is 17.3 Å². The van der Waals surface area contributed by atoms with E-state index in [0.717, 1.165) is 12.8 Å². The van der Waals surface area contributed by atoms with Crippen LogP contribution >= 0.6 is 0 Å². The van der Waals surface area contributed by atoms with Gasteiger partial charge in [0.15, 0.2) is 0 Å². The molecule has 9 heteroatoms. The molecule has 0 bridgehead atoms. The molecular weight excluding hydrogens is 478 g/mol. The van der Waals surface area contributed by atoms with Crippen molar-refractivity contribution in [3.8, 4) is 0 Å². The van der Waals surface area contributed by atoms with Gasteiger partial charge in [-0.05, 0) is 24.7 Å². The molecule has 0 saturated carbocycles. The van der Waals surface area contributed by atoms with Gasteiger partial charge in [0.2, 0.25) is 11.7 Å². The Labute approximate surface area is 223 Å². The number of aliphatic hydroxyl groups is 4. The summed E-state index contributed by atoms with van der Waals surface area (Å²) >= 11 is 0. The zero-order valence-electron chi connectivity index (χ0n) is 24.2. The van der Waals surface area contributed by atoms with Crippen molar-refractivity contribution in [2.75, 3.05) is 6.61 Å². The van der Waals surface area contributed by atoms with E-state index in [9.17, 15) is 30.0 Å². The molecule has 9 atom stereocenters. The van der Waals surface area contributed by atoms with Gasteiger partial charge in [-0.25, -0.2) is 0 Å². The SMILES string of the molecule is CC[C@H]1OCC(O)(O[C@@H](C[C@H](O)CC(=O)N[C@@H](C[C@H](O)CC(=O)C(C)(C)C)[C@@H](C)CC)[C@@H](C)CC)C1O. The van der Waals surface area contributed by atoms with Gasteiger partial charge in [-0.2, -0.15) is 0 Å². The van der Waals surface area contributed by atoms with E-state index in [-0.39, 0.29) is 61.9 Å². The molecule has 1 aliphatic heterocycles. The van der Waals surface area contributed by atoms with Gasteiger partial charge >= 0.3 is 0 Å². The highest BCUT2D eigenvalue weighted by molar-refractivity contribution is 5.84. The predicted molar refractivity (Wildman–Crippen MR) is 142 cm³/mol. The molecule has 0 aliphatic carbocycles. The van der Waals surface area contributed by atoms with Crippen molar-refractivity contribution in [3.63, 3.8) is 0 Å². The van der Waals surface area contributed by atoms with E-state index in [1.807, 2.05) is 55.4 Å². The minimum absolute atomic E-state index is 0.0280. The molecule has 1 fully saturated rings. The van der Waals surface area contributed by atoms with Crippen LogP contribution in [0.4, 0.5) is 0 Å². The Morgan fingerprint density at radius 3 is 2.08 bits per heavy atom. The van der Waals surface area contributed by atoms with Gasteiger partial charge in [-0.15, -0.1) is 0 Å². The number of nitrogens with one attached hydrogen (secondary N) is 1. The van der Waals surface area contributed by atoms with Crippen LogP contribution in [-0.4, -0.2) is 81.1 Å². The topological polar surface area (TPSA) is 146 Å². The average molecular weight is 532 g/mol. The number of ketones is 1. The number of amides is 1. The quantitative estimate of drug-likeness (QED) is 0.191. The molecule has 0 aromatic rings. The number of hydrogen-bond acceptors (Lipinski definition) is 8. The molecule has 37 heavy (non-hydrogen) atoms. The Morgan fingerprint density at radius 1 is 1.03 bits per heavy atom. The van der Waals surface area contributed by atoms with Crippen LogP contribution in [0.25, 0.3) is 0 Å². The fraction of sp³-hybridized carbons (Fsp3) is 0.929. The maximum absolute atomic E-state index is 12.8. The normalized spacial score (nSPS) is 27.2. The third-order valence-electron chi connectivity index (χ3n) is 7.74. The van der Waals surface area contributed by atoms with Gasteiger partial charge in [0.25, 0.3) is 0 Å². The van der Waals surface area contributed by atoms with Gasteiger partial charge in [0.1, 0.15) is 18.5 Å². The van der Waals surface area contributed by atoms with E-state index >= 15 is 0 Å². The van der Waals surface area contributed by atoms with Gasteiger partial charge in [-0.3, -0.25) is 9.59 Å². The summed E-state index contributed by atoms with van der Waals surface area (Å²) in [6, 6.07) is -0.341. The maximum Gasteiger partial charge on any atom is 0.222 e. The van der Waals surface area contributed by atoms with E-state index in [4.69, 9.17) is 9.47 Å². The summed E-state index contributed by atoms with van der Waals surface area (Å²) in [6.07, 6.45) is -1.99. The molecule has 218 valence electrons. The van der Waals surface area contributed by atoms with E-state index in [1.165, 1.54) is 0 Å². The van der Waals surface area contributed by atoms with Crippen LogP contribution in [0.2, 0.25) is 0 Å². The monoisotopic (exact) mass is 531 g/mol. The molecule has 1 rings (SSSR count). The first-order valence-corrected chi connectivity index (χ1v) is 14.0. The fourth-order valence-corrected chi connectivity index (χ4v) is 4.51. The van der Waals surface area contributed by atoms with Crippen molar-refractivity contribution >= 4 is 11.7 Å². The Kier molecular flexibility index (Phi) is 13.7. The van der Waals surface area contributed by atoms with Gasteiger partial charge in [0.05, 0.1) is 30.8 Å². The summed E-state index contributed by atoms with van der Waals surface area (Å²) in [6.45, 7) is 15.0. The van der Waals surface area contributed by atoms with Crippen molar-refractivity contribution in [3.05, 3.63) is 0 Å². The number of ether oxygens (including phenoxy) is 2. The third kappa shape index (κ3) is 10.5. The first kappa shape index (κ1) is 33.9. The molecule has 1 heterocycles. The summed E-state index contributed by atoms with van der Waals surface area (Å²) in [7, 11) is 0. The van der Waals surface area contributed by atoms with Crippen LogP contribution in [0, 0.1) is 17.3 Å². The fourth-order valence-electron chi connectivity index (χ4n) is 4.51. The van der Waals surface area contributed by atoms with Crippen molar-refractivity contribution in [1.29, 1.82) is 0 Å². The van der Waals surface area contributed by atoms with Gasteiger partial charge in [-0.1, -0.05) is 68.2 Å². The Hall–Kier alpha value is -1.10. The predicted octanol–water partition coefficient (Wildman–Crippen LogP) is 2.70. The second kappa shape index (κ2) is 14.9. The number of aliphatic hydroxyl groups excluding tert-OH is 3. The molecule has 1 aliphatic rings. The van der Waals surface area contributed by atoms with Gasteiger partial charge < -0.3 is 35.2 Å². The Balaban J connectivity index is 2.77. The summed E-state index contributed by atoms with van der Waals surface area (Å²) in [4.78, 5) is 25.2. The first-order chi connectivity index (χ1) is 17.1. The highest BCUT2D eigenvalue weighted by atomic mass is 16.7. The summed E-state index contributed by atoms with van der Waals surface area (Å²) < 4.78 is 11.4. The summed E-state index contributed by atoms with van der Waals surface area (Å²) in [5, 5.41) is 45.5. The zero-order valence-corrected chi connectivity index (χ0v) is 24.2. The summed E-state index contributed by atoms with van der Waals surface area (Å²) in [5.41, 5.74) is -0.542. The Bertz CT molecular complexity index is 711. The van der Waals surface area contributed by atoms with E-state index < -0.39 is 41.7 Å². The van der Waals surface area contributed by atoms with Crippen LogP contribution in [0.15, 0.2) is 0 Å². The zero-order chi connectivity index (χ0) is 28.6. The van der Waals surface area contributed by atoms with E-state index in [2.05, 4.69) is 5.32 Å². The Morgan fingerprint density at radius 2 is 1.59 bits per heavy atom. The van der Waals surface area contributed by atoms with E-state index in [1.54, 1.807) is 0 Å². The number of hydrogen-bond donors (Lipinski definition) is 5. The largest absolute Gasteiger partial charge is 0.393 e. The highest BCUT2D eigenvalue weighted by Crippen LogP contribution is 2.32. The highest BCUT2D eigenvalue weighted by Gasteiger charge is 2.50. The third-order valence-corrected chi connectivity index (χ3v) is 7.74. The first-order valence-electron chi connectivity index (χ1n) is 14.0. The molecule has 0 radical (unpaired) electrons.